The maximum absolute atomic E-state index is 12.7. The van der Waals surface area contributed by atoms with Crippen molar-refractivity contribution in [1.29, 1.82) is 0 Å². The highest BCUT2D eigenvalue weighted by atomic mass is 16.3. The molecule has 0 atom stereocenters. The molecule has 0 saturated carbocycles. The Balaban J connectivity index is 1.77. The van der Waals surface area contributed by atoms with Crippen LogP contribution in [-0.2, 0) is 12.8 Å². The van der Waals surface area contributed by atoms with Crippen LogP contribution in [0.1, 0.15) is 38.2 Å². The molecule has 1 aliphatic carbocycles. The molecule has 0 amide bonds. The lowest BCUT2D eigenvalue weighted by atomic mass is 9.82. The van der Waals surface area contributed by atoms with Gasteiger partial charge in [0.2, 0.25) is 5.78 Å². The molecule has 0 spiro atoms. The van der Waals surface area contributed by atoms with E-state index in [1.54, 1.807) is 12.1 Å². The monoisotopic (exact) mass is 348 g/mol. The van der Waals surface area contributed by atoms with Gasteiger partial charge in [0.25, 0.3) is 0 Å². The van der Waals surface area contributed by atoms with Crippen LogP contribution in [0.4, 0.5) is 0 Å². The van der Waals surface area contributed by atoms with Crippen LogP contribution in [0.15, 0.2) is 48.5 Å². The van der Waals surface area contributed by atoms with Crippen LogP contribution >= 0.6 is 0 Å². The Morgan fingerprint density at radius 2 is 1.54 bits per heavy atom. The van der Waals surface area contributed by atoms with Crippen LogP contribution in [-0.4, -0.2) is 26.2 Å². The minimum atomic E-state index is -0.399. The van der Waals surface area contributed by atoms with Gasteiger partial charge in [0.05, 0.1) is 11.1 Å². The second-order valence-corrected chi connectivity index (χ2v) is 6.46. The second-order valence-electron chi connectivity index (χ2n) is 6.46. The summed E-state index contributed by atoms with van der Waals surface area (Å²) in [5.41, 5.74) is 3.03. The highest BCUT2D eigenvalue weighted by Gasteiger charge is 2.29. The number of phenolic OH excluding ortho intramolecular Hbond substituents is 4. The van der Waals surface area contributed by atoms with Gasteiger partial charge in [0.15, 0.2) is 0 Å². The van der Waals surface area contributed by atoms with Gasteiger partial charge in [-0.05, 0) is 53.4 Å². The lowest BCUT2D eigenvalue weighted by Gasteiger charge is -2.21. The number of rotatable bonds is 2. The maximum atomic E-state index is 12.7. The summed E-state index contributed by atoms with van der Waals surface area (Å²) in [7, 11) is 0. The number of carbonyl (C=O) groups excluding carboxylic acids is 1. The first-order chi connectivity index (χ1) is 12.4. The number of hydrogen-bond donors (Lipinski definition) is 4. The fourth-order valence-corrected chi connectivity index (χ4v) is 3.51. The second kappa shape index (κ2) is 5.81. The summed E-state index contributed by atoms with van der Waals surface area (Å²) in [5.74, 6) is -0.558. The first-order valence-corrected chi connectivity index (χ1v) is 8.15. The average Bonchev–Trinajstić information content (AvgIpc) is 2.57. The van der Waals surface area contributed by atoms with Gasteiger partial charge in [0, 0.05) is 12.0 Å². The predicted molar refractivity (Wildman–Crippen MR) is 95.0 cm³/mol. The van der Waals surface area contributed by atoms with Gasteiger partial charge in [-0.2, -0.15) is 0 Å². The first kappa shape index (κ1) is 16.0. The van der Waals surface area contributed by atoms with E-state index in [1.165, 1.54) is 30.3 Å². The zero-order valence-electron chi connectivity index (χ0n) is 13.7. The lowest BCUT2D eigenvalue weighted by molar-refractivity contribution is 0.103. The molecule has 0 unspecified atom stereocenters. The summed E-state index contributed by atoms with van der Waals surface area (Å²) in [5, 5.41) is 40.0. The zero-order chi connectivity index (χ0) is 18.4. The number of aromatic hydroxyl groups is 4. The summed E-state index contributed by atoms with van der Waals surface area (Å²) in [4.78, 5) is 12.7. The normalized spacial score (nSPS) is 12.5. The summed E-state index contributed by atoms with van der Waals surface area (Å²) in [6.45, 7) is 0. The Kier molecular flexibility index (Phi) is 3.58. The van der Waals surface area contributed by atoms with Crippen molar-refractivity contribution in [1.82, 2.24) is 0 Å². The molecule has 3 aromatic carbocycles. The average molecular weight is 348 g/mol. The first-order valence-electron chi connectivity index (χ1n) is 8.15. The molecule has 4 N–H and O–H groups in total. The lowest BCUT2D eigenvalue weighted by Crippen LogP contribution is -2.16. The third-order valence-corrected chi connectivity index (χ3v) is 4.68. The van der Waals surface area contributed by atoms with Gasteiger partial charge in [0.1, 0.15) is 23.0 Å². The molecule has 0 saturated heterocycles. The zero-order valence-corrected chi connectivity index (χ0v) is 13.7. The standard InChI is InChI=1S/C21H16O5/c22-15-4-5-16(23)13(10-15)6-11-7-14-9-12-2-1-3-17(24)19(12)21(26)20(14)18(25)8-11/h1-5,7-8,10,22-25H,6,9H2. The Morgan fingerprint density at radius 3 is 2.35 bits per heavy atom. The van der Waals surface area contributed by atoms with E-state index in [-0.39, 0.29) is 34.1 Å². The Bertz CT molecular complexity index is 1050. The van der Waals surface area contributed by atoms with Crippen LogP contribution in [0.5, 0.6) is 23.0 Å². The van der Waals surface area contributed by atoms with E-state index in [0.717, 1.165) is 0 Å². The summed E-state index contributed by atoms with van der Waals surface area (Å²) in [6.07, 6.45) is 0.709. The fourth-order valence-electron chi connectivity index (χ4n) is 3.51. The molecule has 0 heterocycles. The highest BCUT2D eigenvalue weighted by Crippen LogP contribution is 2.38. The number of ketones is 1. The smallest absolute Gasteiger partial charge is 0.201 e. The van der Waals surface area contributed by atoms with E-state index in [0.29, 0.717) is 35.1 Å². The molecular weight excluding hydrogens is 332 g/mol. The molecule has 4 rings (SSSR count). The van der Waals surface area contributed by atoms with Crippen molar-refractivity contribution >= 4 is 5.78 Å². The molecule has 5 heteroatoms. The van der Waals surface area contributed by atoms with Crippen LogP contribution in [0, 0.1) is 0 Å². The Labute approximate surface area is 149 Å². The molecule has 5 nitrogen and oxygen atoms in total. The molecule has 3 aromatic rings. The quantitative estimate of drug-likeness (QED) is 0.417. The predicted octanol–water partition coefficient (Wildman–Crippen LogP) is 3.24. The summed E-state index contributed by atoms with van der Waals surface area (Å²) < 4.78 is 0. The van der Waals surface area contributed by atoms with E-state index >= 15 is 0 Å². The molecule has 0 fully saturated rings. The number of hydrogen-bond acceptors (Lipinski definition) is 5. The van der Waals surface area contributed by atoms with Crippen molar-refractivity contribution in [2.75, 3.05) is 0 Å². The highest BCUT2D eigenvalue weighted by molar-refractivity contribution is 6.15. The molecule has 0 bridgehead atoms. The molecule has 1 aliphatic rings. The minimum Gasteiger partial charge on any atom is -0.508 e. The van der Waals surface area contributed by atoms with E-state index in [9.17, 15) is 25.2 Å². The van der Waals surface area contributed by atoms with Crippen molar-refractivity contribution in [2.24, 2.45) is 0 Å². The number of phenols is 4. The maximum Gasteiger partial charge on any atom is 0.201 e. The van der Waals surface area contributed by atoms with Crippen molar-refractivity contribution < 1.29 is 25.2 Å². The van der Waals surface area contributed by atoms with E-state index in [4.69, 9.17) is 0 Å². The fraction of sp³-hybridized carbons (Fsp3) is 0.0952. The summed E-state index contributed by atoms with van der Waals surface area (Å²) in [6, 6.07) is 12.5. The number of carbonyl (C=O) groups is 1. The van der Waals surface area contributed by atoms with Gasteiger partial charge in [-0.25, -0.2) is 0 Å². The van der Waals surface area contributed by atoms with Crippen molar-refractivity contribution in [3.8, 4) is 23.0 Å². The molecule has 130 valence electrons. The third kappa shape index (κ3) is 2.54. The largest absolute Gasteiger partial charge is 0.508 e. The van der Waals surface area contributed by atoms with Gasteiger partial charge >= 0.3 is 0 Å². The Morgan fingerprint density at radius 1 is 0.769 bits per heavy atom. The molecule has 0 radical (unpaired) electrons. The van der Waals surface area contributed by atoms with Crippen molar-refractivity contribution in [3.63, 3.8) is 0 Å². The van der Waals surface area contributed by atoms with Gasteiger partial charge in [-0.1, -0.05) is 18.2 Å². The topological polar surface area (TPSA) is 98.0 Å². The van der Waals surface area contributed by atoms with Gasteiger partial charge in [-0.3, -0.25) is 4.79 Å². The van der Waals surface area contributed by atoms with Gasteiger partial charge < -0.3 is 20.4 Å². The summed E-state index contributed by atoms with van der Waals surface area (Å²) >= 11 is 0. The van der Waals surface area contributed by atoms with E-state index < -0.39 is 5.78 Å². The van der Waals surface area contributed by atoms with Gasteiger partial charge in [-0.15, -0.1) is 0 Å². The molecular formula is C21H16O5. The van der Waals surface area contributed by atoms with Crippen molar-refractivity contribution in [3.05, 3.63) is 81.9 Å². The van der Waals surface area contributed by atoms with Crippen LogP contribution in [0.3, 0.4) is 0 Å². The van der Waals surface area contributed by atoms with Crippen LogP contribution < -0.4 is 0 Å². The van der Waals surface area contributed by atoms with Crippen LogP contribution in [0.25, 0.3) is 0 Å². The van der Waals surface area contributed by atoms with E-state index in [1.807, 2.05) is 6.07 Å². The number of benzene rings is 3. The molecule has 26 heavy (non-hydrogen) atoms. The Hall–Kier alpha value is -3.47. The van der Waals surface area contributed by atoms with Crippen molar-refractivity contribution in [2.45, 2.75) is 12.8 Å². The minimum absolute atomic E-state index is 0.0413. The molecule has 0 aliphatic heterocycles. The van der Waals surface area contributed by atoms with E-state index in [2.05, 4.69) is 0 Å². The number of fused-ring (bicyclic) bond motifs is 2. The van der Waals surface area contributed by atoms with Crippen LogP contribution in [0.2, 0.25) is 0 Å². The third-order valence-electron chi connectivity index (χ3n) is 4.68. The molecule has 0 aromatic heterocycles. The SMILES string of the molecule is O=C1c2c(O)cccc2Cc2cc(Cc3cc(O)ccc3O)cc(O)c21.